The van der Waals surface area contributed by atoms with Crippen LogP contribution in [0.2, 0.25) is 0 Å². The molecule has 1 heterocycles. The standard InChI is InChI=1S/C28H26F4N2O/c29-26-7-3-20(4-8-26)16-27(9-11-34-12-10-27)19-35-18-22-13-24(15-25(14-22)28(30,31)32)23-5-1-21(17-33)2-6-23/h1-8,13-15,34H,9-12,16,18-19H2. The highest BCUT2D eigenvalue weighted by molar-refractivity contribution is 5.66. The van der Waals surface area contributed by atoms with Crippen molar-refractivity contribution in [2.45, 2.75) is 32.0 Å². The van der Waals surface area contributed by atoms with Crippen LogP contribution in [0.4, 0.5) is 17.6 Å². The van der Waals surface area contributed by atoms with Gasteiger partial charge in [-0.1, -0.05) is 24.3 Å². The van der Waals surface area contributed by atoms with Crippen molar-refractivity contribution in [2.24, 2.45) is 5.41 Å². The normalized spacial score (nSPS) is 15.5. The van der Waals surface area contributed by atoms with Crippen molar-refractivity contribution in [3.8, 4) is 17.2 Å². The number of nitrogens with one attached hydrogen (secondary N) is 1. The van der Waals surface area contributed by atoms with Gasteiger partial charge in [-0.05, 0) is 97.1 Å². The Bertz CT molecular complexity index is 1180. The van der Waals surface area contributed by atoms with Crippen LogP contribution in [0.1, 0.15) is 35.1 Å². The fourth-order valence-corrected chi connectivity index (χ4v) is 4.59. The lowest BCUT2D eigenvalue weighted by Gasteiger charge is -2.37. The highest BCUT2D eigenvalue weighted by atomic mass is 19.4. The molecule has 0 aromatic heterocycles. The largest absolute Gasteiger partial charge is 0.416 e. The number of hydrogen-bond acceptors (Lipinski definition) is 3. The average molecular weight is 483 g/mol. The Kier molecular flexibility index (Phi) is 7.54. The lowest BCUT2D eigenvalue weighted by molar-refractivity contribution is -0.137. The van der Waals surface area contributed by atoms with Gasteiger partial charge >= 0.3 is 6.18 Å². The molecule has 0 radical (unpaired) electrons. The second-order valence-electron chi connectivity index (χ2n) is 9.15. The summed E-state index contributed by atoms with van der Waals surface area (Å²) in [6.45, 7) is 2.11. The summed E-state index contributed by atoms with van der Waals surface area (Å²) in [4.78, 5) is 0. The summed E-state index contributed by atoms with van der Waals surface area (Å²) in [6, 6.07) is 18.9. The van der Waals surface area contributed by atoms with Gasteiger partial charge in [0, 0.05) is 5.41 Å². The summed E-state index contributed by atoms with van der Waals surface area (Å²) >= 11 is 0. The van der Waals surface area contributed by atoms with Gasteiger partial charge in [0.1, 0.15) is 5.82 Å². The molecule has 3 aromatic carbocycles. The fourth-order valence-electron chi connectivity index (χ4n) is 4.59. The number of halogens is 4. The molecule has 0 spiro atoms. The summed E-state index contributed by atoms with van der Waals surface area (Å²) < 4.78 is 60.2. The van der Waals surface area contributed by atoms with Crippen LogP contribution in [0.15, 0.2) is 66.7 Å². The van der Waals surface area contributed by atoms with Crippen molar-refractivity contribution >= 4 is 0 Å². The van der Waals surface area contributed by atoms with Crippen LogP contribution in [0.3, 0.4) is 0 Å². The maximum Gasteiger partial charge on any atom is 0.416 e. The molecule has 0 aliphatic carbocycles. The Labute approximate surface area is 202 Å². The Morgan fingerprint density at radius 1 is 0.886 bits per heavy atom. The van der Waals surface area contributed by atoms with E-state index in [1.807, 2.05) is 6.07 Å². The molecular formula is C28H26F4N2O. The van der Waals surface area contributed by atoms with Crippen LogP contribution in [-0.4, -0.2) is 19.7 Å². The minimum Gasteiger partial charge on any atom is -0.376 e. The van der Waals surface area contributed by atoms with E-state index in [4.69, 9.17) is 10.00 Å². The van der Waals surface area contributed by atoms with E-state index in [0.717, 1.165) is 43.6 Å². The molecule has 0 atom stereocenters. The number of nitriles is 1. The highest BCUT2D eigenvalue weighted by Crippen LogP contribution is 2.36. The van der Waals surface area contributed by atoms with Crippen LogP contribution in [0.25, 0.3) is 11.1 Å². The van der Waals surface area contributed by atoms with Gasteiger partial charge in [-0.25, -0.2) is 4.39 Å². The molecule has 1 fully saturated rings. The van der Waals surface area contributed by atoms with Crippen molar-refractivity contribution in [3.63, 3.8) is 0 Å². The molecule has 1 N–H and O–H groups in total. The Morgan fingerprint density at radius 3 is 2.20 bits per heavy atom. The summed E-state index contributed by atoms with van der Waals surface area (Å²) in [5.41, 5.74) is 2.01. The molecule has 7 heteroatoms. The molecule has 1 saturated heterocycles. The van der Waals surface area contributed by atoms with E-state index in [-0.39, 0.29) is 17.8 Å². The van der Waals surface area contributed by atoms with Gasteiger partial charge in [-0.3, -0.25) is 0 Å². The smallest absolute Gasteiger partial charge is 0.376 e. The predicted octanol–water partition coefficient (Wildman–Crippen LogP) is 6.51. The van der Waals surface area contributed by atoms with E-state index in [9.17, 15) is 17.6 Å². The molecule has 0 unspecified atom stereocenters. The number of rotatable bonds is 7. The minimum atomic E-state index is -4.49. The Morgan fingerprint density at radius 2 is 1.57 bits per heavy atom. The van der Waals surface area contributed by atoms with Gasteiger partial charge in [0.2, 0.25) is 0 Å². The van der Waals surface area contributed by atoms with Crippen molar-refractivity contribution in [2.75, 3.05) is 19.7 Å². The topological polar surface area (TPSA) is 45.0 Å². The third kappa shape index (κ3) is 6.47. The molecule has 0 saturated carbocycles. The van der Waals surface area contributed by atoms with Crippen molar-refractivity contribution in [1.29, 1.82) is 5.26 Å². The van der Waals surface area contributed by atoms with Crippen LogP contribution in [0.5, 0.6) is 0 Å². The SMILES string of the molecule is N#Cc1ccc(-c2cc(COCC3(Cc4ccc(F)cc4)CCNCC3)cc(C(F)(F)F)c2)cc1. The Hall–Kier alpha value is -3.21. The molecule has 1 aliphatic heterocycles. The molecule has 35 heavy (non-hydrogen) atoms. The first-order valence-corrected chi connectivity index (χ1v) is 11.5. The first-order valence-electron chi connectivity index (χ1n) is 11.5. The zero-order valence-corrected chi connectivity index (χ0v) is 19.2. The van der Waals surface area contributed by atoms with Crippen molar-refractivity contribution in [1.82, 2.24) is 5.32 Å². The van der Waals surface area contributed by atoms with Gasteiger partial charge in [0.25, 0.3) is 0 Å². The van der Waals surface area contributed by atoms with E-state index in [2.05, 4.69) is 5.32 Å². The van der Waals surface area contributed by atoms with Crippen LogP contribution in [-0.2, 0) is 23.9 Å². The summed E-state index contributed by atoms with van der Waals surface area (Å²) in [5, 5.41) is 12.3. The highest BCUT2D eigenvalue weighted by Gasteiger charge is 2.33. The summed E-state index contributed by atoms with van der Waals surface area (Å²) in [6.07, 6.45) is -2.04. The molecular weight excluding hydrogens is 456 g/mol. The second kappa shape index (κ2) is 10.6. The lowest BCUT2D eigenvalue weighted by Crippen LogP contribution is -2.41. The molecule has 0 amide bonds. The number of alkyl halides is 3. The van der Waals surface area contributed by atoms with Crippen molar-refractivity contribution < 1.29 is 22.3 Å². The maximum absolute atomic E-state index is 13.6. The van der Waals surface area contributed by atoms with Gasteiger partial charge < -0.3 is 10.1 Å². The maximum atomic E-state index is 13.6. The molecule has 0 bridgehead atoms. The van der Waals surface area contributed by atoms with Gasteiger partial charge in [0.05, 0.1) is 30.4 Å². The molecule has 1 aliphatic rings. The van der Waals surface area contributed by atoms with Gasteiger partial charge in [0.15, 0.2) is 0 Å². The number of ether oxygens (including phenoxy) is 1. The first-order chi connectivity index (χ1) is 16.8. The summed E-state index contributed by atoms with van der Waals surface area (Å²) in [7, 11) is 0. The monoisotopic (exact) mass is 482 g/mol. The molecule has 3 aromatic rings. The number of benzene rings is 3. The van der Waals surface area contributed by atoms with Gasteiger partial charge in [-0.15, -0.1) is 0 Å². The van der Waals surface area contributed by atoms with E-state index in [1.165, 1.54) is 12.1 Å². The molecule has 3 nitrogen and oxygen atoms in total. The summed E-state index contributed by atoms with van der Waals surface area (Å²) in [5.74, 6) is -0.285. The molecule has 182 valence electrons. The van der Waals surface area contributed by atoms with E-state index in [0.29, 0.717) is 35.3 Å². The van der Waals surface area contributed by atoms with E-state index in [1.54, 1.807) is 42.5 Å². The third-order valence-electron chi connectivity index (χ3n) is 6.50. The van der Waals surface area contributed by atoms with Crippen LogP contribution >= 0.6 is 0 Å². The van der Waals surface area contributed by atoms with Crippen LogP contribution in [0, 0.1) is 22.6 Å². The fraction of sp³-hybridized carbons (Fsp3) is 0.321. The predicted molar refractivity (Wildman–Crippen MR) is 126 cm³/mol. The average Bonchev–Trinajstić information content (AvgIpc) is 2.85. The lowest BCUT2D eigenvalue weighted by atomic mass is 9.75. The Balaban J connectivity index is 1.53. The van der Waals surface area contributed by atoms with Crippen molar-refractivity contribution in [3.05, 3.63) is 94.8 Å². The first kappa shape index (κ1) is 24.9. The van der Waals surface area contributed by atoms with E-state index >= 15 is 0 Å². The van der Waals surface area contributed by atoms with Gasteiger partial charge in [-0.2, -0.15) is 18.4 Å². The quantitative estimate of drug-likeness (QED) is 0.391. The number of hydrogen-bond donors (Lipinski definition) is 1. The zero-order chi connectivity index (χ0) is 24.9. The third-order valence-corrected chi connectivity index (χ3v) is 6.50. The minimum absolute atomic E-state index is 0.0474. The van der Waals surface area contributed by atoms with Crippen LogP contribution < -0.4 is 5.32 Å². The van der Waals surface area contributed by atoms with E-state index < -0.39 is 11.7 Å². The molecule has 4 rings (SSSR count). The zero-order valence-electron chi connectivity index (χ0n) is 19.2. The number of piperidine rings is 1. The second-order valence-corrected chi connectivity index (χ2v) is 9.15. The number of nitrogens with zero attached hydrogens (tertiary/aromatic N) is 1.